The summed E-state index contributed by atoms with van der Waals surface area (Å²) in [5.74, 6) is -1.65. The van der Waals surface area contributed by atoms with Crippen LogP contribution >= 0.6 is 0 Å². The number of carbonyl (C=O) groups excluding carboxylic acids is 2. The van der Waals surface area contributed by atoms with Gasteiger partial charge in [0.25, 0.3) is 0 Å². The monoisotopic (exact) mass is 319 g/mol. The van der Waals surface area contributed by atoms with Crippen molar-refractivity contribution < 1.29 is 22.7 Å². The fourth-order valence-corrected chi connectivity index (χ4v) is 3.89. The predicted octanol–water partition coefficient (Wildman–Crippen LogP) is 0.905. The highest BCUT2D eigenvalue weighted by molar-refractivity contribution is 7.91. The zero-order valence-electron chi connectivity index (χ0n) is 13.1. The van der Waals surface area contributed by atoms with Crippen LogP contribution in [-0.2, 0) is 24.2 Å². The second-order valence-electron chi connectivity index (χ2n) is 6.49. The third-order valence-electron chi connectivity index (χ3n) is 3.55. The predicted molar refractivity (Wildman–Crippen MR) is 79.4 cm³/mol. The summed E-state index contributed by atoms with van der Waals surface area (Å²) in [6.45, 7) is 7.33. The largest absolute Gasteiger partial charge is 0.465 e. The van der Waals surface area contributed by atoms with Gasteiger partial charge in [0, 0.05) is 6.04 Å². The quantitative estimate of drug-likeness (QED) is 0.614. The highest BCUT2D eigenvalue weighted by Crippen LogP contribution is 2.28. The summed E-state index contributed by atoms with van der Waals surface area (Å²) in [4.78, 5) is 24.4. The van der Waals surface area contributed by atoms with Crippen LogP contribution in [0.4, 0.5) is 0 Å². The van der Waals surface area contributed by atoms with Gasteiger partial charge in [-0.3, -0.25) is 9.59 Å². The van der Waals surface area contributed by atoms with Gasteiger partial charge in [0.1, 0.15) is 15.8 Å². The maximum Gasteiger partial charge on any atom is 0.319 e. The molecule has 0 aromatic carbocycles. The number of hydrogen-bond donors (Lipinski definition) is 1. The maximum absolute atomic E-state index is 12.4. The van der Waals surface area contributed by atoms with E-state index >= 15 is 0 Å². The molecule has 1 amide bonds. The van der Waals surface area contributed by atoms with E-state index in [9.17, 15) is 18.0 Å². The fraction of sp³-hybridized carbons (Fsp3) is 0.857. The number of amides is 1. The summed E-state index contributed by atoms with van der Waals surface area (Å²) < 4.78 is 27.7. The van der Waals surface area contributed by atoms with Crippen LogP contribution in [0.1, 0.15) is 40.5 Å². The van der Waals surface area contributed by atoms with Crippen molar-refractivity contribution in [3.8, 4) is 0 Å². The van der Waals surface area contributed by atoms with Gasteiger partial charge in [-0.15, -0.1) is 0 Å². The molecule has 122 valence electrons. The van der Waals surface area contributed by atoms with Crippen LogP contribution in [0.3, 0.4) is 0 Å². The number of ether oxygens (including phenoxy) is 1. The Bertz CT molecular complexity index is 478. The molecule has 7 heteroatoms. The third-order valence-corrected chi connectivity index (χ3v) is 5.27. The van der Waals surface area contributed by atoms with Gasteiger partial charge in [-0.05, 0) is 25.2 Å². The third kappa shape index (κ3) is 5.30. The van der Waals surface area contributed by atoms with Gasteiger partial charge >= 0.3 is 5.97 Å². The molecular formula is C14H25NO5S. The second-order valence-corrected chi connectivity index (χ2v) is 8.79. The summed E-state index contributed by atoms with van der Waals surface area (Å²) in [5, 5.41) is 2.80. The lowest BCUT2D eigenvalue weighted by Crippen LogP contribution is -2.49. The van der Waals surface area contributed by atoms with E-state index in [-0.39, 0.29) is 30.1 Å². The minimum Gasteiger partial charge on any atom is -0.465 e. The van der Waals surface area contributed by atoms with Crippen LogP contribution in [0.15, 0.2) is 0 Å². The first-order valence-electron chi connectivity index (χ1n) is 7.24. The van der Waals surface area contributed by atoms with Crippen LogP contribution in [0, 0.1) is 11.3 Å². The smallest absolute Gasteiger partial charge is 0.319 e. The van der Waals surface area contributed by atoms with E-state index in [1.54, 1.807) is 27.7 Å². The highest BCUT2D eigenvalue weighted by atomic mass is 32.2. The van der Waals surface area contributed by atoms with Crippen LogP contribution < -0.4 is 5.32 Å². The van der Waals surface area contributed by atoms with Crippen molar-refractivity contribution in [3.05, 3.63) is 0 Å². The zero-order valence-corrected chi connectivity index (χ0v) is 14.0. The highest BCUT2D eigenvalue weighted by Gasteiger charge is 2.40. The van der Waals surface area contributed by atoms with Gasteiger partial charge in [-0.25, -0.2) is 8.42 Å². The molecule has 1 saturated heterocycles. The molecule has 0 aromatic heterocycles. The van der Waals surface area contributed by atoms with Crippen LogP contribution in [0.2, 0.25) is 0 Å². The summed E-state index contributed by atoms with van der Waals surface area (Å²) in [7, 11) is -2.97. The van der Waals surface area contributed by atoms with Crippen LogP contribution in [-0.4, -0.2) is 44.4 Å². The number of rotatable bonds is 4. The Balaban J connectivity index is 2.72. The van der Waals surface area contributed by atoms with Crippen molar-refractivity contribution in [1.82, 2.24) is 5.32 Å². The van der Waals surface area contributed by atoms with Gasteiger partial charge < -0.3 is 10.1 Å². The molecule has 1 N–H and O–H groups in total. The standard InChI is InChI=1S/C14H25NO5S/c1-5-20-13(17)11(14(2,3)4)12(16)15-10-6-8-21(18,19)9-7-10/h10-11H,5-9H2,1-4H3,(H,15,16). The Hall–Kier alpha value is -1.11. The molecule has 0 saturated carbocycles. The normalized spacial score (nSPS) is 20.6. The Morgan fingerprint density at radius 2 is 1.76 bits per heavy atom. The molecule has 1 fully saturated rings. The zero-order chi connectivity index (χ0) is 16.3. The van der Waals surface area contributed by atoms with Crippen molar-refractivity contribution >= 4 is 21.7 Å². The minimum atomic E-state index is -2.97. The van der Waals surface area contributed by atoms with Crippen molar-refractivity contribution in [2.45, 2.75) is 46.6 Å². The first-order valence-corrected chi connectivity index (χ1v) is 9.06. The van der Waals surface area contributed by atoms with E-state index in [2.05, 4.69) is 5.32 Å². The van der Waals surface area contributed by atoms with Crippen LogP contribution in [0.5, 0.6) is 0 Å². The molecule has 21 heavy (non-hydrogen) atoms. The summed E-state index contributed by atoms with van der Waals surface area (Å²) in [6, 6.07) is -0.194. The van der Waals surface area contributed by atoms with E-state index in [0.29, 0.717) is 12.8 Å². The molecular weight excluding hydrogens is 294 g/mol. The molecule has 1 atom stereocenters. The lowest BCUT2D eigenvalue weighted by molar-refractivity contribution is -0.156. The molecule has 6 nitrogen and oxygen atoms in total. The van der Waals surface area contributed by atoms with Gasteiger partial charge in [0.05, 0.1) is 18.1 Å². The van der Waals surface area contributed by atoms with E-state index in [4.69, 9.17) is 4.74 Å². The Morgan fingerprint density at radius 1 is 1.24 bits per heavy atom. The van der Waals surface area contributed by atoms with E-state index in [1.165, 1.54) is 0 Å². The molecule has 0 aliphatic carbocycles. The van der Waals surface area contributed by atoms with E-state index in [1.807, 2.05) is 0 Å². The summed E-state index contributed by atoms with van der Waals surface area (Å²) >= 11 is 0. The Morgan fingerprint density at radius 3 is 2.19 bits per heavy atom. The number of esters is 1. The maximum atomic E-state index is 12.4. The molecule has 0 aromatic rings. The molecule has 1 aliphatic rings. The topological polar surface area (TPSA) is 89.5 Å². The summed E-state index contributed by atoms with van der Waals surface area (Å²) in [6.07, 6.45) is 0.793. The van der Waals surface area contributed by atoms with Gasteiger partial charge in [0.2, 0.25) is 5.91 Å². The minimum absolute atomic E-state index is 0.0809. The average Bonchev–Trinajstić information content (AvgIpc) is 2.30. The molecule has 1 rings (SSSR count). The van der Waals surface area contributed by atoms with Gasteiger partial charge in [0.15, 0.2) is 0 Å². The molecule has 0 radical (unpaired) electrons. The van der Waals surface area contributed by atoms with Crippen molar-refractivity contribution in [2.75, 3.05) is 18.1 Å². The first-order chi connectivity index (χ1) is 9.57. The molecule has 1 aliphatic heterocycles. The Kier molecular flexibility index (Phi) is 5.78. The second kappa shape index (κ2) is 6.77. The van der Waals surface area contributed by atoms with Gasteiger partial charge in [-0.2, -0.15) is 0 Å². The Labute approximate surface area is 126 Å². The van der Waals surface area contributed by atoms with E-state index < -0.39 is 27.1 Å². The molecule has 0 spiro atoms. The molecule has 1 unspecified atom stereocenters. The van der Waals surface area contributed by atoms with Crippen molar-refractivity contribution in [1.29, 1.82) is 0 Å². The lowest BCUT2D eigenvalue weighted by Gasteiger charge is -2.30. The number of carbonyl (C=O) groups is 2. The van der Waals surface area contributed by atoms with Crippen LogP contribution in [0.25, 0.3) is 0 Å². The SMILES string of the molecule is CCOC(=O)C(C(=O)NC1CCS(=O)(=O)CC1)C(C)(C)C. The number of nitrogens with one attached hydrogen (secondary N) is 1. The number of hydrogen-bond acceptors (Lipinski definition) is 5. The fourth-order valence-electron chi connectivity index (χ4n) is 2.40. The van der Waals surface area contributed by atoms with Crippen molar-refractivity contribution in [2.24, 2.45) is 11.3 Å². The first kappa shape index (κ1) is 17.9. The number of sulfone groups is 1. The van der Waals surface area contributed by atoms with E-state index in [0.717, 1.165) is 0 Å². The van der Waals surface area contributed by atoms with Gasteiger partial charge in [-0.1, -0.05) is 20.8 Å². The average molecular weight is 319 g/mol. The van der Waals surface area contributed by atoms with Crippen molar-refractivity contribution in [3.63, 3.8) is 0 Å². The summed E-state index contributed by atoms with van der Waals surface area (Å²) in [5.41, 5.74) is -0.558. The lowest BCUT2D eigenvalue weighted by atomic mass is 9.80. The molecule has 1 heterocycles. The molecule has 0 bridgehead atoms.